The second-order valence-corrected chi connectivity index (χ2v) is 4.73. The van der Waals surface area contributed by atoms with Crippen LogP contribution in [0, 0.1) is 0 Å². The number of halogens is 2. The van der Waals surface area contributed by atoms with E-state index in [2.05, 4.69) is 15.9 Å². The van der Waals surface area contributed by atoms with Crippen LogP contribution in [-0.4, -0.2) is 0 Å². The van der Waals surface area contributed by atoms with Crippen LogP contribution in [0.3, 0.4) is 0 Å². The van der Waals surface area contributed by atoms with Gasteiger partial charge in [0.05, 0.1) is 10.7 Å². The predicted octanol–water partition coefficient (Wildman–Crippen LogP) is 3.01. The Morgan fingerprint density at radius 3 is 2.82 bits per heavy atom. The molecular weight excluding hydrogens is 304 g/mol. The van der Waals surface area contributed by atoms with Crippen molar-refractivity contribution in [3.8, 4) is 5.75 Å². The lowest BCUT2D eigenvalue weighted by atomic mass is 10.3. The van der Waals surface area contributed by atoms with E-state index in [-0.39, 0.29) is 0 Å². The lowest BCUT2D eigenvalue weighted by molar-refractivity contribution is -0.711. The lowest BCUT2D eigenvalue weighted by Crippen LogP contribution is -2.39. The molecule has 0 aliphatic heterocycles. The van der Waals surface area contributed by atoms with Crippen molar-refractivity contribution < 1.29 is 9.30 Å². The van der Waals surface area contributed by atoms with Crippen LogP contribution in [0.2, 0.25) is 5.02 Å². The van der Waals surface area contributed by atoms with Crippen molar-refractivity contribution in [2.24, 2.45) is 0 Å². The Morgan fingerprint density at radius 2 is 2.12 bits per heavy atom. The van der Waals surface area contributed by atoms with Crippen LogP contribution in [-0.2, 0) is 6.73 Å². The number of ether oxygens (including phenoxy) is 1. The van der Waals surface area contributed by atoms with Crippen LogP contribution < -0.4 is 15.0 Å². The van der Waals surface area contributed by atoms with Crippen molar-refractivity contribution in [2.75, 3.05) is 5.73 Å². The summed E-state index contributed by atoms with van der Waals surface area (Å²) in [7, 11) is 0. The highest BCUT2D eigenvalue weighted by Gasteiger charge is 2.05. The molecule has 0 atom stereocenters. The van der Waals surface area contributed by atoms with Gasteiger partial charge in [0, 0.05) is 11.1 Å². The fraction of sp³-hybridized carbons (Fsp3) is 0.0833. The molecule has 1 aromatic carbocycles. The molecule has 2 N–H and O–H groups in total. The second-order valence-electron chi connectivity index (χ2n) is 3.44. The van der Waals surface area contributed by atoms with E-state index in [0.717, 1.165) is 10.2 Å². The summed E-state index contributed by atoms with van der Waals surface area (Å²) < 4.78 is 8.26. The summed E-state index contributed by atoms with van der Waals surface area (Å²) in [6, 6.07) is 11.0. The van der Waals surface area contributed by atoms with E-state index in [4.69, 9.17) is 22.1 Å². The zero-order valence-electron chi connectivity index (χ0n) is 8.94. The van der Waals surface area contributed by atoms with Gasteiger partial charge in [0.1, 0.15) is 5.75 Å². The van der Waals surface area contributed by atoms with Crippen molar-refractivity contribution in [3.05, 3.63) is 52.1 Å². The molecule has 0 aliphatic carbocycles. The van der Waals surface area contributed by atoms with Crippen molar-refractivity contribution in [2.45, 2.75) is 6.73 Å². The molecular formula is C12H11BrClN2O+. The van der Waals surface area contributed by atoms with Crippen LogP contribution in [0.15, 0.2) is 47.1 Å². The molecule has 5 heteroatoms. The molecule has 0 unspecified atom stereocenters. The summed E-state index contributed by atoms with van der Waals surface area (Å²) >= 11 is 9.24. The molecule has 88 valence electrons. The average molecular weight is 315 g/mol. The second kappa shape index (κ2) is 5.38. The van der Waals surface area contributed by atoms with Crippen LogP contribution in [0.25, 0.3) is 0 Å². The molecule has 0 radical (unpaired) electrons. The molecule has 0 amide bonds. The third-order valence-electron chi connectivity index (χ3n) is 2.23. The number of rotatable bonds is 3. The van der Waals surface area contributed by atoms with E-state index in [1.54, 1.807) is 16.7 Å². The third kappa shape index (κ3) is 3.11. The quantitative estimate of drug-likeness (QED) is 0.885. The third-order valence-corrected chi connectivity index (χ3v) is 3.08. The van der Waals surface area contributed by atoms with Gasteiger partial charge in [-0.1, -0.05) is 17.7 Å². The van der Waals surface area contributed by atoms with Gasteiger partial charge >= 0.3 is 0 Å². The number of aromatic nitrogens is 1. The first-order valence-corrected chi connectivity index (χ1v) is 6.16. The van der Waals surface area contributed by atoms with Gasteiger partial charge in [0.2, 0.25) is 6.73 Å². The number of nitrogens with two attached hydrogens (primary N) is 1. The summed E-state index contributed by atoms with van der Waals surface area (Å²) in [6.45, 7) is 0.354. The molecule has 1 aromatic heterocycles. The molecule has 0 aliphatic rings. The zero-order valence-corrected chi connectivity index (χ0v) is 11.3. The molecule has 17 heavy (non-hydrogen) atoms. The first-order valence-electron chi connectivity index (χ1n) is 4.98. The minimum absolute atomic E-state index is 0.354. The van der Waals surface area contributed by atoms with Crippen LogP contribution in [0.4, 0.5) is 5.82 Å². The maximum absolute atomic E-state index is 5.85. The Kier molecular flexibility index (Phi) is 3.86. The number of nitrogens with zero attached hydrogens (tertiary/aromatic N) is 1. The smallest absolute Gasteiger partial charge is 0.275 e. The number of nitrogen functional groups attached to an aromatic ring is 1. The summed E-state index contributed by atoms with van der Waals surface area (Å²) in [4.78, 5) is 0. The largest absolute Gasteiger partial charge is 0.453 e. The Balaban J connectivity index is 2.10. The van der Waals surface area contributed by atoms with Gasteiger partial charge in [-0.3, -0.25) is 5.73 Å². The van der Waals surface area contributed by atoms with E-state index in [9.17, 15) is 0 Å². The van der Waals surface area contributed by atoms with Crippen molar-refractivity contribution in [3.63, 3.8) is 0 Å². The molecule has 2 rings (SSSR count). The van der Waals surface area contributed by atoms with Gasteiger partial charge in [0.25, 0.3) is 5.82 Å². The highest BCUT2D eigenvalue weighted by atomic mass is 79.9. The standard InChI is InChI=1S/C12H10BrClN2O/c13-10-7-9(14)4-5-11(10)17-8-16-6-2-1-3-12(16)15/h1-7,15H,8H2/p+1. The van der Waals surface area contributed by atoms with Gasteiger partial charge in [-0.25, -0.2) is 0 Å². The van der Waals surface area contributed by atoms with Crippen molar-refractivity contribution in [1.29, 1.82) is 0 Å². The number of benzene rings is 1. The number of anilines is 1. The number of hydrogen-bond donors (Lipinski definition) is 1. The molecule has 1 heterocycles. The van der Waals surface area contributed by atoms with Gasteiger partial charge < -0.3 is 4.74 Å². The number of pyridine rings is 1. The van der Waals surface area contributed by atoms with Crippen LogP contribution in [0.1, 0.15) is 0 Å². The fourth-order valence-corrected chi connectivity index (χ4v) is 2.14. The molecule has 0 spiro atoms. The maximum Gasteiger partial charge on any atom is 0.275 e. The molecule has 0 saturated carbocycles. The highest BCUT2D eigenvalue weighted by Crippen LogP contribution is 2.27. The van der Waals surface area contributed by atoms with Crippen molar-refractivity contribution >= 4 is 33.3 Å². The van der Waals surface area contributed by atoms with E-state index in [1.807, 2.05) is 30.5 Å². The normalized spacial score (nSPS) is 10.2. The van der Waals surface area contributed by atoms with Crippen LogP contribution >= 0.6 is 27.5 Å². The van der Waals surface area contributed by atoms with Gasteiger partial charge in [-0.15, -0.1) is 0 Å². The van der Waals surface area contributed by atoms with Crippen molar-refractivity contribution in [1.82, 2.24) is 0 Å². The molecule has 0 saturated heterocycles. The van der Waals surface area contributed by atoms with Gasteiger partial charge in [-0.2, -0.15) is 4.57 Å². The first kappa shape index (κ1) is 12.2. The SMILES string of the molecule is Nc1cccc[n+]1COc1ccc(Cl)cc1Br. The molecule has 3 nitrogen and oxygen atoms in total. The Morgan fingerprint density at radius 1 is 1.29 bits per heavy atom. The van der Waals surface area contributed by atoms with E-state index in [1.165, 1.54) is 0 Å². The molecule has 0 bridgehead atoms. The minimum Gasteiger partial charge on any atom is -0.453 e. The average Bonchev–Trinajstić information content (AvgIpc) is 2.30. The Labute approximate surface area is 113 Å². The summed E-state index contributed by atoms with van der Waals surface area (Å²) in [5, 5.41) is 0.663. The topological polar surface area (TPSA) is 39.1 Å². The Bertz CT molecular complexity index is 534. The fourth-order valence-electron chi connectivity index (χ4n) is 1.34. The summed E-state index contributed by atoms with van der Waals surface area (Å²) in [5.74, 6) is 1.38. The van der Waals surface area contributed by atoms with E-state index >= 15 is 0 Å². The first-order chi connectivity index (χ1) is 8.16. The molecule has 0 fully saturated rings. The molecule has 2 aromatic rings. The Hall–Kier alpha value is -1.26. The monoisotopic (exact) mass is 313 g/mol. The lowest BCUT2D eigenvalue weighted by Gasteiger charge is -2.08. The van der Waals surface area contributed by atoms with Gasteiger partial charge in [-0.05, 0) is 40.2 Å². The van der Waals surface area contributed by atoms with E-state index in [0.29, 0.717) is 17.6 Å². The summed E-state index contributed by atoms with van der Waals surface area (Å²) in [6.07, 6.45) is 1.86. The maximum atomic E-state index is 5.85. The van der Waals surface area contributed by atoms with Crippen LogP contribution in [0.5, 0.6) is 5.75 Å². The number of hydrogen-bond acceptors (Lipinski definition) is 2. The van der Waals surface area contributed by atoms with E-state index < -0.39 is 0 Å². The summed E-state index contributed by atoms with van der Waals surface area (Å²) in [5.41, 5.74) is 5.80. The zero-order chi connectivity index (χ0) is 12.3. The predicted molar refractivity (Wildman–Crippen MR) is 70.8 cm³/mol. The highest BCUT2D eigenvalue weighted by molar-refractivity contribution is 9.10. The minimum atomic E-state index is 0.354. The van der Waals surface area contributed by atoms with Gasteiger partial charge in [0.15, 0.2) is 0 Å².